The van der Waals surface area contributed by atoms with Crippen LogP contribution in [0.4, 0.5) is 0 Å². The highest BCUT2D eigenvalue weighted by atomic mass is 16.3. The largest absolute Gasteiger partial charge is 0.455 e. The maximum atomic E-state index is 9.77. The van der Waals surface area contributed by atoms with Crippen LogP contribution in [0.1, 0.15) is 5.56 Å². The predicted molar refractivity (Wildman–Crippen MR) is 187 cm³/mol. The summed E-state index contributed by atoms with van der Waals surface area (Å²) in [6, 6.07) is 54.3. The molecule has 0 saturated carbocycles. The first-order chi connectivity index (χ1) is 22.8. The van der Waals surface area contributed by atoms with Crippen molar-refractivity contribution < 1.29 is 8.83 Å². The van der Waals surface area contributed by atoms with Gasteiger partial charge in [-0.3, -0.25) is 0 Å². The van der Waals surface area contributed by atoms with E-state index in [9.17, 15) is 5.26 Å². The van der Waals surface area contributed by atoms with Crippen LogP contribution < -0.4 is 0 Å². The van der Waals surface area contributed by atoms with Gasteiger partial charge in [0.1, 0.15) is 22.3 Å². The normalized spacial score (nSPS) is 11.5. The number of nitriles is 1. The highest BCUT2D eigenvalue weighted by Crippen LogP contribution is 2.48. The number of furan rings is 2. The molecule has 0 spiro atoms. The topological polar surface area (TPSA) is 50.1 Å². The first-order valence-corrected chi connectivity index (χ1v) is 15.3. The summed E-state index contributed by atoms with van der Waals surface area (Å²) in [6.45, 7) is 0. The average molecular weight is 588 g/mol. The van der Waals surface area contributed by atoms with E-state index in [0.29, 0.717) is 5.56 Å². The molecule has 0 aliphatic carbocycles. The molecule has 9 aromatic rings. The average Bonchev–Trinajstić information content (AvgIpc) is 3.70. The summed E-state index contributed by atoms with van der Waals surface area (Å²) < 4.78 is 13.2. The van der Waals surface area contributed by atoms with Gasteiger partial charge in [0.15, 0.2) is 0 Å². The van der Waals surface area contributed by atoms with Crippen molar-refractivity contribution in [1.82, 2.24) is 0 Å². The molecule has 0 fully saturated rings. The molecule has 2 aromatic heterocycles. The van der Waals surface area contributed by atoms with Crippen molar-refractivity contribution in [1.29, 1.82) is 5.26 Å². The van der Waals surface area contributed by atoms with Crippen molar-refractivity contribution in [2.45, 2.75) is 0 Å². The molecule has 0 aliphatic heterocycles. The fourth-order valence-corrected chi connectivity index (χ4v) is 6.84. The zero-order valence-electron chi connectivity index (χ0n) is 24.7. The fourth-order valence-electron chi connectivity index (χ4n) is 6.84. The Morgan fingerprint density at radius 3 is 1.48 bits per heavy atom. The van der Waals surface area contributed by atoms with E-state index in [2.05, 4.69) is 97.1 Å². The Hall–Kier alpha value is -6.37. The molecule has 0 saturated heterocycles. The van der Waals surface area contributed by atoms with Crippen molar-refractivity contribution in [3.8, 4) is 50.6 Å². The summed E-state index contributed by atoms with van der Waals surface area (Å²) >= 11 is 0. The van der Waals surface area contributed by atoms with Crippen molar-refractivity contribution in [3.05, 3.63) is 157 Å². The number of rotatable bonds is 4. The quantitative estimate of drug-likeness (QED) is 0.206. The van der Waals surface area contributed by atoms with Gasteiger partial charge < -0.3 is 8.83 Å². The standard InChI is InChI=1S/C43H25NO2/c44-26-27-11-8-14-29(23-27)30-24-37(35-19-9-17-33-31-15-4-6-21-39(31)45-42(33)35)41(28-12-2-1-3-13-28)38(25-30)36-20-10-18-34-32-16-5-7-22-40(32)46-43(34)36/h1-25H. The fraction of sp³-hybridized carbons (Fsp3) is 0. The summed E-state index contributed by atoms with van der Waals surface area (Å²) in [4.78, 5) is 0. The smallest absolute Gasteiger partial charge is 0.143 e. The van der Waals surface area contributed by atoms with E-state index in [1.54, 1.807) is 0 Å². The van der Waals surface area contributed by atoms with Crippen LogP contribution in [0.2, 0.25) is 0 Å². The summed E-state index contributed by atoms with van der Waals surface area (Å²) in [6.07, 6.45) is 0. The van der Waals surface area contributed by atoms with Crippen LogP contribution in [0.25, 0.3) is 88.4 Å². The van der Waals surface area contributed by atoms with E-state index in [0.717, 1.165) is 88.4 Å². The summed E-state index contributed by atoms with van der Waals surface area (Å²) in [5.74, 6) is 0. The summed E-state index contributed by atoms with van der Waals surface area (Å²) in [7, 11) is 0. The molecule has 9 rings (SSSR count). The molecule has 2 heterocycles. The number of hydrogen-bond donors (Lipinski definition) is 0. The zero-order valence-corrected chi connectivity index (χ0v) is 24.7. The van der Waals surface area contributed by atoms with Gasteiger partial charge in [-0.25, -0.2) is 0 Å². The Balaban J connectivity index is 1.45. The number of fused-ring (bicyclic) bond motifs is 6. The van der Waals surface area contributed by atoms with E-state index >= 15 is 0 Å². The SMILES string of the molecule is N#Cc1cccc(-c2cc(-c3cccc4c3oc3ccccc34)c(-c3ccccc3)c(-c3cccc4c3oc3ccccc34)c2)c1. The summed E-state index contributed by atoms with van der Waals surface area (Å²) in [5.41, 5.74) is 12.3. The van der Waals surface area contributed by atoms with Gasteiger partial charge in [0, 0.05) is 32.7 Å². The van der Waals surface area contributed by atoms with Gasteiger partial charge in [0.2, 0.25) is 0 Å². The molecular weight excluding hydrogens is 562 g/mol. The molecule has 0 unspecified atom stereocenters. The Labute approximate surface area is 265 Å². The van der Waals surface area contributed by atoms with Gasteiger partial charge in [-0.05, 0) is 69.8 Å². The molecule has 0 N–H and O–H groups in total. The molecule has 3 heteroatoms. The lowest BCUT2D eigenvalue weighted by atomic mass is 9.84. The maximum Gasteiger partial charge on any atom is 0.143 e. The lowest BCUT2D eigenvalue weighted by Gasteiger charge is -2.19. The number of benzene rings is 7. The van der Waals surface area contributed by atoms with Gasteiger partial charge in [0.05, 0.1) is 11.6 Å². The van der Waals surface area contributed by atoms with Gasteiger partial charge >= 0.3 is 0 Å². The number of nitrogens with zero attached hydrogens (tertiary/aromatic N) is 1. The van der Waals surface area contributed by atoms with Crippen LogP contribution in [0.5, 0.6) is 0 Å². The van der Waals surface area contributed by atoms with E-state index < -0.39 is 0 Å². The molecule has 0 atom stereocenters. The van der Waals surface area contributed by atoms with E-state index in [1.165, 1.54) is 0 Å². The Morgan fingerprint density at radius 1 is 0.391 bits per heavy atom. The monoisotopic (exact) mass is 587 g/mol. The van der Waals surface area contributed by atoms with Crippen molar-refractivity contribution in [2.75, 3.05) is 0 Å². The zero-order chi connectivity index (χ0) is 30.6. The Morgan fingerprint density at radius 2 is 0.891 bits per heavy atom. The molecular formula is C43H25NO2. The molecule has 0 bridgehead atoms. The van der Waals surface area contributed by atoms with Crippen LogP contribution in [0.3, 0.4) is 0 Å². The van der Waals surface area contributed by atoms with Crippen LogP contribution in [0, 0.1) is 11.3 Å². The second-order valence-corrected chi connectivity index (χ2v) is 11.6. The van der Waals surface area contributed by atoms with Crippen molar-refractivity contribution in [2.24, 2.45) is 0 Å². The van der Waals surface area contributed by atoms with Crippen LogP contribution in [-0.4, -0.2) is 0 Å². The third-order valence-corrected chi connectivity index (χ3v) is 8.91. The molecule has 0 radical (unpaired) electrons. The molecule has 0 aliphatic rings. The molecule has 214 valence electrons. The van der Waals surface area contributed by atoms with Crippen LogP contribution in [0.15, 0.2) is 160 Å². The van der Waals surface area contributed by atoms with E-state index in [-0.39, 0.29) is 0 Å². The van der Waals surface area contributed by atoms with E-state index in [1.807, 2.05) is 60.7 Å². The van der Waals surface area contributed by atoms with Crippen LogP contribution in [-0.2, 0) is 0 Å². The molecule has 3 nitrogen and oxygen atoms in total. The highest BCUT2D eigenvalue weighted by Gasteiger charge is 2.23. The van der Waals surface area contributed by atoms with Crippen LogP contribution >= 0.6 is 0 Å². The first-order valence-electron chi connectivity index (χ1n) is 15.3. The molecule has 0 amide bonds. The van der Waals surface area contributed by atoms with E-state index in [4.69, 9.17) is 8.83 Å². The lowest BCUT2D eigenvalue weighted by molar-refractivity contribution is 0.670. The van der Waals surface area contributed by atoms with Gasteiger partial charge in [-0.15, -0.1) is 0 Å². The minimum atomic E-state index is 0.617. The number of hydrogen-bond acceptors (Lipinski definition) is 3. The third-order valence-electron chi connectivity index (χ3n) is 8.91. The van der Waals surface area contributed by atoms with Gasteiger partial charge in [0.25, 0.3) is 0 Å². The van der Waals surface area contributed by atoms with Gasteiger partial charge in [-0.2, -0.15) is 5.26 Å². The van der Waals surface area contributed by atoms with Gasteiger partial charge in [-0.1, -0.05) is 115 Å². The Kier molecular flexibility index (Phi) is 5.88. The lowest BCUT2D eigenvalue weighted by Crippen LogP contribution is -1.94. The minimum Gasteiger partial charge on any atom is -0.455 e. The molecule has 7 aromatic carbocycles. The highest BCUT2D eigenvalue weighted by molar-refractivity contribution is 6.14. The third kappa shape index (κ3) is 4.05. The second-order valence-electron chi connectivity index (χ2n) is 11.6. The second kappa shape index (κ2) is 10.4. The maximum absolute atomic E-state index is 9.77. The Bertz CT molecular complexity index is 2520. The number of para-hydroxylation sites is 4. The predicted octanol–water partition coefficient (Wildman–Crippen LogP) is 12.0. The first kappa shape index (κ1) is 26.1. The molecule has 46 heavy (non-hydrogen) atoms. The van der Waals surface area contributed by atoms with Crippen molar-refractivity contribution in [3.63, 3.8) is 0 Å². The summed E-state index contributed by atoms with van der Waals surface area (Å²) in [5, 5.41) is 14.1. The van der Waals surface area contributed by atoms with Crippen molar-refractivity contribution >= 4 is 43.9 Å². The minimum absolute atomic E-state index is 0.617.